The molecule has 0 heterocycles. The second-order valence-electron chi connectivity index (χ2n) is 64.2. The predicted molar refractivity (Wildman–Crippen MR) is 670 cm³/mol. The van der Waals surface area contributed by atoms with Gasteiger partial charge >= 0.3 is 0 Å². The van der Waals surface area contributed by atoms with Crippen LogP contribution in [-0.4, -0.2) is 18.0 Å². The second-order valence-corrected chi connectivity index (χ2v) is 64.2. The minimum Gasteiger partial charge on any atom is -0.290 e. The van der Waals surface area contributed by atoms with E-state index in [9.17, 15) is 4.79 Å². The van der Waals surface area contributed by atoms with E-state index < -0.39 is 0 Å². The molecular weight excluding hydrogens is 1780 g/mol. The summed E-state index contributed by atoms with van der Waals surface area (Å²) in [5, 5.41) is 9.52. The molecule has 5 aromatic carbocycles. The van der Waals surface area contributed by atoms with E-state index >= 15 is 0 Å². The van der Waals surface area contributed by atoms with Gasteiger partial charge in [-0.3, -0.25) is 9.79 Å². The van der Waals surface area contributed by atoms with Gasteiger partial charge in [-0.2, -0.15) is 10.2 Å². The zero-order valence-corrected chi connectivity index (χ0v) is 113. The van der Waals surface area contributed by atoms with Crippen molar-refractivity contribution in [3.8, 4) is 0 Å². The summed E-state index contributed by atoms with van der Waals surface area (Å²) in [4.78, 5) is 17.4. The molecule has 0 saturated heterocycles. The van der Waals surface area contributed by atoms with E-state index in [2.05, 4.69) is 523 Å². The van der Waals surface area contributed by atoms with Crippen LogP contribution in [0.5, 0.6) is 0 Å². The third kappa shape index (κ3) is 39.1. The topological polar surface area (TPSA) is 54.1 Å². The zero-order chi connectivity index (χ0) is 117. The first-order chi connectivity index (χ1) is 64.8. The number of azo groups is 1. The molecule has 1 fully saturated rings. The normalized spacial score (nSPS) is 15.6. The number of ketones is 1. The highest BCUT2D eigenvalue weighted by Gasteiger charge is 2.61. The van der Waals surface area contributed by atoms with E-state index in [0.717, 1.165) is 35.9 Å². The first kappa shape index (κ1) is 141. The number of aliphatic imine (C=N–C) groups is 1. The quantitative estimate of drug-likeness (QED) is 0.0502. The van der Waals surface area contributed by atoms with Crippen LogP contribution in [0.2, 0.25) is 0 Å². The maximum absolute atomic E-state index is 12.4. The lowest BCUT2D eigenvalue weighted by molar-refractivity contribution is -0.173. The van der Waals surface area contributed by atoms with Crippen molar-refractivity contribution in [1.82, 2.24) is 0 Å². The van der Waals surface area contributed by atoms with E-state index in [1.165, 1.54) is 193 Å². The fourth-order valence-electron chi connectivity index (χ4n) is 26.1. The molecule has 0 N–H and O–H groups in total. The van der Waals surface area contributed by atoms with Crippen LogP contribution in [0, 0.1) is 288 Å². The summed E-state index contributed by atoms with van der Waals surface area (Å²) in [7, 11) is 0. The van der Waals surface area contributed by atoms with Crippen molar-refractivity contribution in [2.24, 2.45) is 137 Å². The van der Waals surface area contributed by atoms with Crippen molar-refractivity contribution in [1.29, 1.82) is 0 Å². The van der Waals surface area contributed by atoms with Gasteiger partial charge in [-0.15, -0.1) is 6.58 Å². The van der Waals surface area contributed by atoms with Gasteiger partial charge in [0.1, 0.15) is 0 Å². The summed E-state index contributed by atoms with van der Waals surface area (Å²) < 4.78 is 0. The van der Waals surface area contributed by atoms with E-state index in [-0.39, 0.29) is 49.7 Å². The fourth-order valence-corrected chi connectivity index (χ4v) is 26.1. The van der Waals surface area contributed by atoms with E-state index in [1.807, 2.05) is 19.9 Å². The molecule has 4 heteroatoms. The number of carbonyl (C=O) groups excluding carboxylic acids is 1. The molecule has 4 nitrogen and oxygen atoms in total. The lowest BCUT2D eigenvalue weighted by Crippen LogP contribution is -2.59. The highest BCUT2D eigenvalue weighted by atomic mass is 16.1. The van der Waals surface area contributed by atoms with Crippen LogP contribution in [-0.2, 0) is 17.6 Å². The molecule has 0 amide bonds. The molecular formula is C143H247N3O. The average Bonchev–Trinajstić information content (AvgIpc) is 1.39. The molecule has 0 aliphatic heterocycles. The van der Waals surface area contributed by atoms with Crippen molar-refractivity contribution in [3.05, 3.63) is 192 Å². The Hall–Kier alpha value is -6.00. The highest BCUT2D eigenvalue weighted by molar-refractivity contribution is 6.09. The first-order valence-corrected chi connectivity index (χ1v) is 57.3. The number of hydrogen-bond acceptors (Lipinski definition) is 4. The molecule has 0 aromatic heterocycles. The molecule has 147 heavy (non-hydrogen) atoms. The number of allylic oxidation sites excluding steroid dienone is 6. The van der Waals surface area contributed by atoms with Crippen LogP contribution in [0.15, 0.2) is 51.2 Å². The predicted octanol–water partition coefficient (Wildman–Crippen LogP) is 45.9. The van der Waals surface area contributed by atoms with Crippen LogP contribution in [0.4, 0.5) is 11.4 Å². The van der Waals surface area contributed by atoms with Gasteiger partial charge in [0.25, 0.3) is 0 Å². The van der Waals surface area contributed by atoms with Crippen LogP contribution in [0.1, 0.15) is 528 Å². The molecule has 0 spiro atoms. The molecule has 0 unspecified atom stereocenters. The Balaban J connectivity index is 0.00000170. The van der Waals surface area contributed by atoms with Crippen molar-refractivity contribution < 1.29 is 4.79 Å². The summed E-state index contributed by atoms with van der Waals surface area (Å²) in [6, 6.07) is 0.181. The monoisotopic (exact) mass is 2020 g/mol. The van der Waals surface area contributed by atoms with Gasteiger partial charge in [-0.25, -0.2) is 0 Å². The molecule has 840 valence electrons. The summed E-state index contributed by atoms with van der Waals surface area (Å²) in [6.07, 6.45) is 17.4. The summed E-state index contributed by atoms with van der Waals surface area (Å²) in [5.74, 6) is 3.25. The number of carbonyl (C=O) groups is 1. The van der Waals surface area contributed by atoms with Gasteiger partial charge in [0, 0.05) is 24.1 Å². The van der Waals surface area contributed by atoms with Crippen LogP contribution in [0.25, 0.3) is 11.6 Å². The molecule has 0 bridgehead atoms. The van der Waals surface area contributed by atoms with Crippen molar-refractivity contribution in [2.75, 3.05) is 0 Å². The van der Waals surface area contributed by atoms with Crippen LogP contribution in [0.3, 0.4) is 0 Å². The molecule has 7 rings (SSSR count). The summed E-state index contributed by atoms with van der Waals surface area (Å²) in [5.41, 5.74) is 49.9. The smallest absolute Gasteiger partial charge is 0.181 e. The van der Waals surface area contributed by atoms with Gasteiger partial charge in [-0.05, 0) is 508 Å². The Morgan fingerprint density at radius 1 is 0.354 bits per heavy atom. The lowest BCUT2D eigenvalue weighted by Gasteiger charge is -2.66. The van der Waals surface area contributed by atoms with E-state index in [4.69, 9.17) is 15.2 Å². The number of fused-ring (bicyclic) bond motifs is 1. The maximum Gasteiger partial charge on any atom is 0.181 e. The molecule has 2 aliphatic rings. The Bertz CT molecular complexity index is 5080. The molecule has 0 atom stereocenters. The molecule has 5 aromatic rings. The Morgan fingerprint density at radius 2 is 0.639 bits per heavy atom. The summed E-state index contributed by atoms with van der Waals surface area (Å²) >= 11 is 0. The van der Waals surface area contributed by atoms with Crippen molar-refractivity contribution in [3.63, 3.8) is 0 Å². The van der Waals surface area contributed by atoms with Gasteiger partial charge < -0.3 is 0 Å². The number of rotatable bonds is 13. The lowest BCUT2D eigenvalue weighted by atomic mass is 9.39. The van der Waals surface area contributed by atoms with Gasteiger partial charge in [0.05, 0.1) is 17.4 Å². The Kier molecular flexibility index (Phi) is 49.0. The maximum atomic E-state index is 12.4. The van der Waals surface area contributed by atoms with Crippen molar-refractivity contribution in [2.45, 2.75) is 557 Å². The van der Waals surface area contributed by atoms with Crippen LogP contribution >= 0.6 is 0 Å². The third-order valence-corrected chi connectivity index (χ3v) is 36.0. The van der Waals surface area contributed by atoms with Gasteiger partial charge in [0.15, 0.2) is 5.78 Å². The zero-order valence-electron chi connectivity index (χ0n) is 113. The molecule has 2 aliphatic carbocycles. The van der Waals surface area contributed by atoms with Gasteiger partial charge in [-0.1, -0.05) is 343 Å². The largest absolute Gasteiger partial charge is 0.290 e. The Labute approximate surface area is 919 Å². The highest BCUT2D eigenvalue weighted by Crippen LogP contribution is 2.69. The van der Waals surface area contributed by atoms with E-state index in [0.29, 0.717) is 71.9 Å². The number of hydrogen-bond donors (Lipinski definition) is 0. The molecule has 1 saturated carbocycles. The summed E-state index contributed by atoms with van der Waals surface area (Å²) in [6.45, 7) is 174. The third-order valence-electron chi connectivity index (χ3n) is 36.0. The Morgan fingerprint density at radius 3 is 0.925 bits per heavy atom. The SMILES string of the molecule is C/C(=C\C(C(C)(C)C)C(C)(C)C)c1c(C)c(C)c(C)c(C)c1C.C=C(C)C.CC(C)(C)C(CC1C(C)(C)C(C)(C)CC(C)(C)C1(C)C)C(C)(C)C.CC(C)(C)CC(C)(C)C.Cc1c(C)c(C)c(CC(C(C)(C)C)C(C)(C)C)c(C)c1C.Cc1c(C)c(C)c(N=CC(C(C)(C)C)C(C)(C)C)c(C)c1C.Cc1c(C)c(C)c(N=NC(C(C)(C)C)C(C)(C)C)c(C)c1C.Cc1c(C)c(C)c2c(c1C)C=C(C(=O)/C=C/CC(C)(C)C)C2. The minimum absolute atomic E-state index is 0.0956. The van der Waals surface area contributed by atoms with Crippen LogP contribution < -0.4 is 0 Å². The minimum atomic E-state index is 0.0956. The van der Waals surface area contributed by atoms with Crippen molar-refractivity contribution >= 4 is 35.0 Å². The van der Waals surface area contributed by atoms with Gasteiger partial charge in [0.2, 0.25) is 0 Å². The fraction of sp³-hybridized carbons (Fsp3) is 0.720. The molecule has 0 radical (unpaired) electrons. The van der Waals surface area contributed by atoms with E-state index in [1.54, 1.807) is 11.6 Å². The number of benzene rings is 5. The second kappa shape index (κ2) is 51.1. The number of nitrogens with zero attached hydrogens (tertiary/aromatic N) is 3. The standard InChI is InChI=1S/C24H48.C23H38.C21H35N.C21H28O.C21H36.C20H34N2.C9H20.C4H8/c1-19(2,3)17(20(4,5)6)15-18-23(11,12)21(7,8)16-22(9,10)24(18,13)14;1-14(13-20(22(7,8)9)23(10,11)12)21-18(5)16(3)15(2)17(4)19(21)6;1-13-14(2)16(4)19(17(5)15(13)3)22-12-18(20(6,7)8)21(9,10)11;1-13-14(2)16(4)19-12-17(11-18(19)15(13)3)20(22)9-8-10-21(5,6)7;1-13-14(2)16(4)18(17(5)15(13)3)12-19(20(6,7)8)21(9,10)11;1-12-13(2)15(4)17(16(5)14(12)3)21-22-18(19(6,7)8)20(9,10)11;1-8(2,3)7-9(4,5)6;1-4(2)3/h17-18H,15-16H2,1-14H3;13,20H,1-12H3;12,18H,1-11H3;8-9,11H,10,12H2,1-7H3;19H,12H2,1-11H3;18H,1-11H3;7H2,1-6H3;1H2,2-3H3/b;14-13+;;9-8+;;;;. The average molecular weight is 2020 g/mol. The first-order valence-electron chi connectivity index (χ1n) is 57.3.